The van der Waals surface area contributed by atoms with Crippen LogP contribution in [-0.4, -0.2) is 24.6 Å². The molecular formula is C9H16ClNO2. The van der Waals surface area contributed by atoms with Crippen LogP contribution in [0.4, 0.5) is 4.79 Å². The first-order valence-electron chi connectivity index (χ1n) is 4.34. The average molecular weight is 206 g/mol. The molecule has 0 radical (unpaired) electrons. The molecule has 3 nitrogen and oxygen atoms in total. The Morgan fingerprint density at radius 1 is 1.77 bits per heavy atom. The number of alkyl halides is 1. The number of allylic oxidation sites excluding steroid dienone is 1. The van der Waals surface area contributed by atoms with E-state index in [9.17, 15) is 4.79 Å². The summed E-state index contributed by atoms with van der Waals surface area (Å²) in [6.45, 7) is 5.74. The van der Waals surface area contributed by atoms with Crippen molar-refractivity contribution in [2.24, 2.45) is 0 Å². The van der Waals surface area contributed by atoms with Gasteiger partial charge in [0.25, 0.3) is 0 Å². The first-order chi connectivity index (χ1) is 6.24. The normalized spacial score (nSPS) is 11.8. The minimum absolute atomic E-state index is 0.0290. The smallest absolute Gasteiger partial charge is 0.407 e. The van der Waals surface area contributed by atoms with Gasteiger partial charge in [-0.2, -0.15) is 0 Å². The molecule has 0 spiro atoms. The fourth-order valence-corrected chi connectivity index (χ4v) is 1.08. The molecular weight excluding hydrogens is 190 g/mol. The van der Waals surface area contributed by atoms with Gasteiger partial charge in [-0.3, -0.25) is 0 Å². The van der Waals surface area contributed by atoms with Gasteiger partial charge in [0, 0.05) is 11.9 Å². The molecule has 0 rings (SSSR count). The number of nitrogens with one attached hydrogen (secondary N) is 1. The van der Waals surface area contributed by atoms with Crippen LogP contribution >= 0.6 is 11.6 Å². The topological polar surface area (TPSA) is 38.3 Å². The summed E-state index contributed by atoms with van der Waals surface area (Å²) in [4.78, 5) is 11.0. The van der Waals surface area contributed by atoms with E-state index in [-0.39, 0.29) is 6.04 Å². The van der Waals surface area contributed by atoms with Gasteiger partial charge in [0.1, 0.15) is 0 Å². The zero-order chi connectivity index (χ0) is 10.1. The monoisotopic (exact) mass is 205 g/mol. The number of amides is 1. The average Bonchev–Trinajstić information content (AvgIpc) is 2.12. The highest BCUT2D eigenvalue weighted by Gasteiger charge is 2.10. The van der Waals surface area contributed by atoms with Crippen LogP contribution < -0.4 is 5.32 Å². The molecule has 0 aliphatic heterocycles. The number of ether oxygens (including phenoxy) is 1. The van der Waals surface area contributed by atoms with Crippen molar-refractivity contribution in [3.63, 3.8) is 0 Å². The molecule has 1 amide bonds. The summed E-state index contributed by atoms with van der Waals surface area (Å²) in [6, 6.07) is -0.0290. The highest BCUT2D eigenvalue weighted by molar-refractivity contribution is 6.18. The van der Waals surface area contributed by atoms with Crippen LogP contribution in [0.2, 0.25) is 0 Å². The molecule has 0 bridgehead atoms. The molecule has 4 heteroatoms. The van der Waals surface area contributed by atoms with Gasteiger partial charge in [0.05, 0.1) is 6.61 Å². The maximum atomic E-state index is 11.0. The molecule has 1 atom stereocenters. The van der Waals surface area contributed by atoms with E-state index in [0.717, 1.165) is 12.8 Å². The number of hydrogen-bond acceptors (Lipinski definition) is 2. The molecule has 0 fully saturated rings. The van der Waals surface area contributed by atoms with Gasteiger partial charge < -0.3 is 10.1 Å². The lowest BCUT2D eigenvalue weighted by Gasteiger charge is -2.14. The van der Waals surface area contributed by atoms with Crippen molar-refractivity contribution in [2.45, 2.75) is 25.8 Å². The van der Waals surface area contributed by atoms with Gasteiger partial charge in [-0.25, -0.2) is 4.79 Å². The highest BCUT2D eigenvalue weighted by Crippen LogP contribution is 2.00. The lowest BCUT2D eigenvalue weighted by Crippen LogP contribution is -2.36. The van der Waals surface area contributed by atoms with E-state index in [1.54, 1.807) is 13.0 Å². The molecule has 1 N–H and O–H groups in total. The molecule has 76 valence electrons. The maximum absolute atomic E-state index is 11.0. The first-order valence-corrected chi connectivity index (χ1v) is 4.88. The van der Waals surface area contributed by atoms with Gasteiger partial charge in [-0.05, 0) is 19.8 Å². The first kappa shape index (κ1) is 12.3. The molecule has 0 aromatic heterocycles. The number of carbonyl (C=O) groups excluding carboxylic acids is 1. The van der Waals surface area contributed by atoms with Crippen molar-refractivity contribution >= 4 is 17.7 Å². The summed E-state index contributed by atoms with van der Waals surface area (Å²) < 4.78 is 4.72. The summed E-state index contributed by atoms with van der Waals surface area (Å²) in [5, 5.41) is 2.66. The predicted octanol–water partition coefficient (Wildman–Crippen LogP) is 2.31. The third kappa shape index (κ3) is 6.46. The molecule has 0 saturated carbocycles. The van der Waals surface area contributed by atoms with Crippen LogP contribution in [0.25, 0.3) is 0 Å². The predicted molar refractivity (Wildman–Crippen MR) is 54.1 cm³/mol. The number of rotatable bonds is 6. The zero-order valence-corrected chi connectivity index (χ0v) is 8.64. The van der Waals surface area contributed by atoms with E-state index in [0.29, 0.717) is 12.5 Å². The van der Waals surface area contributed by atoms with Crippen LogP contribution in [0.5, 0.6) is 0 Å². The Kier molecular flexibility index (Phi) is 7.50. The van der Waals surface area contributed by atoms with Crippen LogP contribution in [0.15, 0.2) is 12.7 Å². The minimum Gasteiger partial charge on any atom is -0.450 e. The van der Waals surface area contributed by atoms with Gasteiger partial charge in [0.2, 0.25) is 0 Å². The van der Waals surface area contributed by atoms with Crippen molar-refractivity contribution in [1.82, 2.24) is 5.32 Å². The molecule has 1 unspecified atom stereocenters. The third-order valence-corrected chi connectivity index (χ3v) is 1.88. The molecule has 0 aliphatic rings. The second-order valence-corrected chi connectivity index (χ2v) is 2.89. The van der Waals surface area contributed by atoms with E-state index in [1.807, 2.05) is 0 Å². The van der Waals surface area contributed by atoms with Crippen molar-refractivity contribution < 1.29 is 9.53 Å². The van der Waals surface area contributed by atoms with Gasteiger partial charge in [0.15, 0.2) is 0 Å². The maximum Gasteiger partial charge on any atom is 0.407 e. The third-order valence-electron chi connectivity index (χ3n) is 1.50. The lowest BCUT2D eigenvalue weighted by molar-refractivity contribution is 0.148. The quantitative estimate of drug-likeness (QED) is 0.534. The van der Waals surface area contributed by atoms with Crippen LogP contribution in [0.1, 0.15) is 19.8 Å². The molecule has 0 aliphatic carbocycles. The van der Waals surface area contributed by atoms with Crippen LogP contribution in [-0.2, 0) is 4.74 Å². The standard InChI is InChI=1S/C9H16ClNO2/c1-3-5-6-8(7-10)11-9(12)13-4-2/h3,8H,1,4-7H2,2H3,(H,11,12). The van der Waals surface area contributed by atoms with Gasteiger partial charge in [-0.15, -0.1) is 18.2 Å². The van der Waals surface area contributed by atoms with Crippen LogP contribution in [0.3, 0.4) is 0 Å². The van der Waals surface area contributed by atoms with E-state index in [2.05, 4.69) is 11.9 Å². The molecule has 13 heavy (non-hydrogen) atoms. The van der Waals surface area contributed by atoms with Gasteiger partial charge in [-0.1, -0.05) is 6.08 Å². The Balaban J connectivity index is 3.68. The SMILES string of the molecule is C=CCCC(CCl)NC(=O)OCC. The van der Waals surface area contributed by atoms with Crippen LogP contribution in [0, 0.1) is 0 Å². The van der Waals surface area contributed by atoms with E-state index >= 15 is 0 Å². The Labute approximate surface area is 84.1 Å². The molecule has 0 saturated heterocycles. The molecule has 0 aromatic rings. The largest absolute Gasteiger partial charge is 0.450 e. The van der Waals surface area contributed by atoms with E-state index in [1.165, 1.54) is 0 Å². The summed E-state index contributed by atoms with van der Waals surface area (Å²) in [5.41, 5.74) is 0. The fourth-order valence-electron chi connectivity index (χ4n) is 0.846. The number of carbonyl (C=O) groups is 1. The van der Waals surface area contributed by atoms with Crippen molar-refractivity contribution in [3.05, 3.63) is 12.7 Å². The minimum atomic E-state index is -0.405. The highest BCUT2D eigenvalue weighted by atomic mass is 35.5. The Hall–Kier alpha value is -0.700. The van der Waals surface area contributed by atoms with E-state index < -0.39 is 6.09 Å². The number of halogens is 1. The summed E-state index contributed by atoms with van der Waals surface area (Å²) in [7, 11) is 0. The number of hydrogen-bond donors (Lipinski definition) is 1. The van der Waals surface area contributed by atoms with Gasteiger partial charge >= 0.3 is 6.09 Å². The van der Waals surface area contributed by atoms with Crippen molar-refractivity contribution in [2.75, 3.05) is 12.5 Å². The molecule has 0 heterocycles. The van der Waals surface area contributed by atoms with Crippen molar-refractivity contribution in [1.29, 1.82) is 0 Å². The summed E-state index contributed by atoms with van der Waals surface area (Å²) in [5.74, 6) is 0.395. The van der Waals surface area contributed by atoms with E-state index in [4.69, 9.17) is 16.3 Å². The summed E-state index contributed by atoms with van der Waals surface area (Å²) in [6.07, 6.45) is 3.03. The molecule has 0 aromatic carbocycles. The fraction of sp³-hybridized carbons (Fsp3) is 0.667. The lowest BCUT2D eigenvalue weighted by atomic mass is 10.2. The Morgan fingerprint density at radius 3 is 2.92 bits per heavy atom. The summed E-state index contributed by atoms with van der Waals surface area (Å²) >= 11 is 5.64. The Bertz CT molecular complexity index is 162. The Morgan fingerprint density at radius 2 is 2.46 bits per heavy atom. The zero-order valence-electron chi connectivity index (χ0n) is 7.88. The van der Waals surface area contributed by atoms with Crippen molar-refractivity contribution in [3.8, 4) is 0 Å². The number of alkyl carbamates (subject to hydrolysis) is 1. The second-order valence-electron chi connectivity index (χ2n) is 2.58. The second kappa shape index (κ2) is 7.92.